The van der Waals surface area contributed by atoms with Gasteiger partial charge in [-0.05, 0) is 44.7 Å². The van der Waals surface area contributed by atoms with Gasteiger partial charge in [-0.15, -0.1) is 0 Å². The third-order valence-corrected chi connectivity index (χ3v) is 3.19. The first-order valence-electron chi connectivity index (χ1n) is 5.44. The number of allylic oxidation sites excluding steroid dienone is 1. The van der Waals surface area contributed by atoms with Crippen LogP contribution >= 0.6 is 15.9 Å². The van der Waals surface area contributed by atoms with Crippen molar-refractivity contribution in [3.05, 3.63) is 45.4 Å². The van der Waals surface area contributed by atoms with E-state index in [9.17, 15) is 13.2 Å². The maximum Gasteiger partial charge on any atom is 0.416 e. The van der Waals surface area contributed by atoms with Gasteiger partial charge in [-0.25, -0.2) is 0 Å². The molecule has 0 aliphatic rings. The summed E-state index contributed by atoms with van der Waals surface area (Å²) in [5.74, 6) is 0. The Kier molecular flexibility index (Phi) is 4.99. The molecule has 1 N–H and O–H groups in total. The van der Waals surface area contributed by atoms with E-state index in [1.807, 2.05) is 19.9 Å². The fraction of sp³-hybridized carbons (Fsp3) is 0.385. The molecule has 0 fully saturated rings. The number of benzene rings is 1. The van der Waals surface area contributed by atoms with Gasteiger partial charge in [-0.2, -0.15) is 13.2 Å². The molecule has 1 atom stereocenters. The first-order chi connectivity index (χ1) is 8.25. The second-order valence-electron chi connectivity index (χ2n) is 4.24. The first kappa shape index (κ1) is 15.2. The molecule has 0 saturated carbocycles. The standard InChI is InChI=1S/C13H15BrF3N/c1-8(2)6-12(18-3)10-7-9(13(15,16)17)4-5-11(10)14/h4-7,12,18H,1-3H3. The molecule has 5 heteroatoms. The minimum Gasteiger partial charge on any atom is -0.310 e. The van der Waals surface area contributed by atoms with Crippen LogP contribution in [-0.4, -0.2) is 7.05 Å². The van der Waals surface area contributed by atoms with Crippen molar-refractivity contribution >= 4 is 15.9 Å². The maximum atomic E-state index is 12.7. The quantitative estimate of drug-likeness (QED) is 0.796. The number of alkyl halides is 3. The zero-order chi connectivity index (χ0) is 13.9. The Morgan fingerprint density at radius 2 is 1.94 bits per heavy atom. The van der Waals surface area contributed by atoms with Crippen LogP contribution < -0.4 is 5.32 Å². The van der Waals surface area contributed by atoms with E-state index in [4.69, 9.17) is 0 Å². The zero-order valence-electron chi connectivity index (χ0n) is 10.4. The minimum atomic E-state index is -4.32. The van der Waals surface area contributed by atoms with Crippen LogP contribution in [0.15, 0.2) is 34.3 Å². The molecule has 1 aromatic carbocycles. The van der Waals surface area contributed by atoms with Gasteiger partial charge >= 0.3 is 6.18 Å². The van der Waals surface area contributed by atoms with Crippen LogP contribution in [-0.2, 0) is 6.18 Å². The summed E-state index contributed by atoms with van der Waals surface area (Å²) in [7, 11) is 1.72. The summed E-state index contributed by atoms with van der Waals surface area (Å²) in [6.45, 7) is 3.82. The fourth-order valence-electron chi connectivity index (χ4n) is 1.62. The monoisotopic (exact) mass is 321 g/mol. The summed E-state index contributed by atoms with van der Waals surface area (Å²) in [5.41, 5.74) is 0.982. The molecule has 0 bridgehead atoms. The lowest BCUT2D eigenvalue weighted by Crippen LogP contribution is -2.16. The fourth-order valence-corrected chi connectivity index (χ4v) is 2.11. The number of hydrogen-bond donors (Lipinski definition) is 1. The summed E-state index contributed by atoms with van der Waals surface area (Å²) in [5, 5.41) is 3.00. The van der Waals surface area contributed by atoms with Crippen molar-refractivity contribution in [1.29, 1.82) is 0 Å². The Balaban J connectivity index is 3.26. The molecule has 1 aromatic rings. The van der Waals surface area contributed by atoms with E-state index in [0.29, 0.717) is 10.0 Å². The Morgan fingerprint density at radius 1 is 1.33 bits per heavy atom. The van der Waals surface area contributed by atoms with E-state index in [2.05, 4.69) is 21.2 Å². The molecule has 0 aliphatic heterocycles. The summed E-state index contributed by atoms with van der Waals surface area (Å²) in [4.78, 5) is 0. The molecule has 0 aromatic heterocycles. The third kappa shape index (κ3) is 3.85. The molecule has 0 amide bonds. The molecule has 0 radical (unpaired) electrons. The number of likely N-dealkylation sites (N-methyl/N-ethyl adjacent to an activating group) is 1. The lowest BCUT2D eigenvalue weighted by atomic mass is 10.0. The predicted molar refractivity (Wildman–Crippen MR) is 70.4 cm³/mol. The molecular formula is C13H15BrF3N. The summed E-state index contributed by atoms with van der Waals surface area (Å²) in [6, 6.07) is 3.43. The van der Waals surface area contributed by atoms with Crippen LogP contribution in [0.4, 0.5) is 13.2 Å². The highest BCUT2D eigenvalue weighted by Crippen LogP contribution is 2.34. The molecule has 1 unspecified atom stereocenters. The molecule has 0 saturated heterocycles. The zero-order valence-corrected chi connectivity index (χ0v) is 12.0. The summed E-state index contributed by atoms with van der Waals surface area (Å²) < 4.78 is 38.7. The van der Waals surface area contributed by atoms with E-state index in [1.54, 1.807) is 7.05 Å². The minimum absolute atomic E-state index is 0.244. The van der Waals surface area contributed by atoms with Gasteiger partial charge in [0.2, 0.25) is 0 Å². The Bertz CT molecular complexity index is 448. The maximum absolute atomic E-state index is 12.7. The van der Waals surface area contributed by atoms with Crippen LogP contribution in [0.2, 0.25) is 0 Å². The molecule has 1 rings (SSSR count). The van der Waals surface area contributed by atoms with Crippen molar-refractivity contribution in [3.8, 4) is 0 Å². The van der Waals surface area contributed by atoms with Gasteiger partial charge < -0.3 is 5.32 Å². The second-order valence-corrected chi connectivity index (χ2v) is 5.10. The van der Waals surface area contributed by atoms with Crippen LogP contribution in [0.5, 0.6) is 0 Å². The van der Waals surface area contributed by atoms with E-state index in [-0.39, 0.29) is 6.04 Å². The molecular weight excluding hydrogens is 307 g/mol. The summed E-state index contributed by atoms with van der Waals surface area (Å²) in [6.07, 6.45) is -2.43. The largest absolute Gasteiger partial charge is 0.416 e. The third-order valence-electron chi connectivity index (χ3n) is 2.47. The predicted octanol–water partition coefficient (Wildman–Crippen LogP) is 4.69. The van der Waals surface area contributed by atoms with Crippen LogP contribution in [0.25, 0.3) is 0 Å². The molecule has 100 valence electrons. The van der Waals surface area contributed by atoms with Crippen LogP contribution in [0, 0.1) is 0 Å². The van der Waals surface area contributed by atoms with E-state index in [1.165, 1.54) is 12.1 Å². The SMILES string of the molecule is CNC(C=C(C)C)c1cc(C(F)(F)F)ccc1Br. The van der Waals surface area contributed by atoms with Crippen molar-refractivity contribution < 1.29 is 13.2 Å². The molecule has 0 spiro atoms. The van der Waals surface area contributed by atoms with Crippen molar-refractivity contribution in [3.63, 3.8) is 0 Å². The van der Waals surface area contributed by atoms with Crippen molar-refractivity contribution in [2.75, 3.05) is 7.05 Å². The number of nitrogens with one attached hydrogen (secondary N) is 1. The van der Waals surface area contributed by atoms with Gasteiger partial charge in [0.25, 0.3) is 0 Å². The highest BCUT2D eigenvalue weighted by Gasteiger charge is 2.31. The van der Waals surface area contributed by atoms with Crippen molar-refractivity contribution in [2.45, 2.75) is 26.1 Å². The Labute approximate surface area is 113 Å². The van der Waals surface area contributed by atoms with Gasteiger partial charge in [0, 0.05) is 4.47 Å². The molecule has 0 heterocycles. The van der Waals surface area contributed by atoms with Crippen LogP contribution in [0.3, 0.4) is 0 Å². The summed E-state index contributed by atoms with van der Waals surface area (Å²) >= 11 is 3.29. The second kappa shape index (κ2) is 5.89. The average molecular weight is 322 g/mol. The molecule has 18 heavy (non-hydrogen) atoms. The average Bonchev–Trinajstić information content (AvgIpc) is 2.25. The van der Waals surface area contributed by atoms with Crippen molar-refractivity contribution in [2.24, 2.45) is 0 Å². The van der Waals surface area contributed by atoms with Gasteiger partial charge in [-0.1, -0.05) is 27.6 Å². The van der Waals surface area contributed by atoms with E-state index >= 15 is 0 Å². The van der Waals surface area contributed by atoms with E-state index < -0.39 is 11.7 Å². The molecule has 1 nitrogen and oxygen atoms in total. The van der Waals surface area contributed by atoms with E-state index in [0.717, 1.165) is 11.6 Å². The van der Waals surface area contributed by atoms with Gasteiger partial charge in [0.15, 0.2) is 0 Å². The molecule has 0 aliphatic carbocycles. The van der Waals surface area contributed by atoms with Gasteiger partial charge in [0.1, 0.15) is 0 Å². The topological polar surface area (TPSA) is 12.0 Å². The number of halogens is 4. The lowest BCUT2D eigenvalue weighted by molar-refractivity contribution is -0.137. The Hall–Kier alpha value is -0.810. The van der Waals surface area contributed by atoms with Crippen molar-refractivity contribution in [1.82, 2.24) is 5.32 Å². The Morgan fingerprint density at radius 3 is 2.39 bits per heavy atom. The van der Waals surface area contributed by atoms with Gasteiger partial charge in [0.05, 0.1) is 11.6 Å². The number of rotatable bonds is 3. The van der Waals surface area contributed by atoms with Crippen LogP contribution in [0.1, 0.15) is 31.0 Å². The normalized spacial score (nSPS) is 13.3. The lowest BCUT2D eigenvalue weighted by Gasteiger charge is -2.17. The smallest absolute Gasteiger partial charge is 0.310 e. The highest BCUT2D eigenvalue weighted by molar-refractivity contribution is 9.10. The number of hydrogen-bond acceptors (Lipinski definition) is 1. The first-order valence-corrected chi connectivity index (χ1v) is 6.24. The highest BCUT2D eigenvalue weighted by atomic mass is 79.9. The van der Waals surface area contributed by atoms with Gasteiger partial charge in [-0.3, -0.25) is 0 Å².